The first-order valence-corrected chi connectivity index (χ1v) is 5.92. The summed E-state index contributed by atoms with van der Waals surface area (Å²) in [6.45, 7) is 4.53. The molecule has 0 radical (unpaired) electrons. The third-order valence-electron chi connectivity index (χ3n) is 2.89. The van der Waals surface area contributed by atoms with Gasteiger partial charge in [-0.05, 0) is 26.0 Å². The van der Waals surface area contributed by atoms with Crippen molar-refractivity contribution in [2.24, 2.45) is 7.05 Å². The quantitative estimate of drug-likeness (QED) is 0.903. The number of aryl methyl sites for hydroxylation is 1. The summed E-state index contributed by atoms with van der Waals surface area (Å²) in [6, 6.07) is 5.16. The Morgan fingerprint density at radius 1 is 1.44 bits per heavy atom. The van der Waals surface area contributed by atoms with E-state index in [1.165, 1.54) is 0 Å². The van der Waals surface area contributed by atoms with Crippen LogP contribution in [0.5, 0.6) is 0 Å². The minimum Gasteiger partial charge on any atom is -0.478 e. The Balaban J connectivity index is 2.42. The van der Waals surface area contributed by atoms with Crippen LogP contribution in [0.15, 0.2) is 24.4 Å². The van der Waals surface area contributed by atoms with Crippen LogP contribution in [0.1, 0.15) is 29.8 Å². The molecule has 0 aliphatic heterocycles. The van der Waals surface area contributed by atoms with E-state index in [0.29, 0.717) is 12.2 Å². The Hall–Kier alpha value is -1.81. The number of nitrogens with zero attached hydrogens (tertiary/aromatic N) is 1. The van der Waals surface area contributed by atoms with E-state index in [0.717, 1.165) is 16.5 Å². The van der Waals surface area contributed by atoms with Crippen molar-refractivity contribution in [1.29, 1.82) is 0 Å². The number of hydrogen-bond donors (Lipinski definition) is 1. The smallest absolute Gasteiger partial charge is 0.335 e. The highest BCUT2D eigenvalue weighted by Gasteiger charge is 2.10. The molecule has 4 heteroatoms. The van der Waals surface area contributed by atoms with E-state index in [2.05, 4.69) is 0 Å². The first-order valence-electron chi connectivity index (χ1n) is 5.92. The van der Waals surface area contributed by atoms with Gasteiger partial charge in [-0.3, -0.25) is 0 Å². The standard InChI is InChI=1S/C14H17NO3/c1-9(2)18-8-11-7-15(3)13-6-10(14(16)17)4-5-12(11)13/h4-7,9H,8H2,1-3H3,(H,16,17). The Kier molecular flexibility index (Phi) is 3.39. The molecule has 0 bridgehead atoms. The van der Waals surface area contributed by atoms with Crippen LogP contribution in [-0.2, 0) is 18.4 Å². The van der Waals surface area contributed by atoms with Crippen molar-refractivity contribution in [2.75, 3.05) is 0 Å². The van der Waals surface area contributed by atoms with Gasteiger partial charge in [0.1, 0.15) is 0 Å². The van der Waals surface area contributed by atoms with Gasteiger partial charge < -0.3 is 14.4 Å². The fourth-order valence-corrected chi connectivity index (χ4v) is 1.97. The molecule has 1 aromatic heterocycles. The zero-order valence-electron chi connectivity index (χ0n) is 10.8. The van der Waals surface area contributed by atoms with E-state index in [1.807, 2.05) is 37.7 Å². The summed E-state index contributed by atoms with van der Waals surface area (Å²) in [7, 11) is 1.91. The molecule has 0 unspecified atom stereocenters. The second-order valence-corrected chi connectivity index (χ2v) is 4.66. The van der Waals surface area contributed by atoms with Crippen molar-refractivity contribution in [3.8, 4) is 0 Å². The number of ether oxygens (including phenoxy) is 1. The zero-order chi connectivity index (χ0) is 13.3. The number of carbonyl (C=O) groups is 1. The van der Waals surface area contributed by atoms with Crippen LogP contribution in [0.4, 0.5) is 0 Å². The van der Waals surface area contributed by atoms with Crippen LogP contribution < -0.4 is 0 Å². The Labute approximate surface area is 106 Å². The number of carboxylic acid groups (broad SMARTS) is 1. The van der Waals surface area contributed by atoms with Crippen molar-refractivity contribution in [3.05, 3.63) is 35.5 Å². The van der Waals surface area contributed by atoms with Crippen LogP contribution in [0.3, 0.4) is 0 Å². The molecule has 0 fully saturated rings. The molecule has 96 valence electrons. The molecule has 0 amide bonds. The largest absolute Gasteiger partial charge is 0.478 e. The molecule has 18 heavy (non-hydrogen) atoms. The van der Waals surface area contributed by atoms with Crippen LogP contribution in [0.2, 0.25) is 0 Å². The van der Waals surface area contributed by atoms with Crippen molar-refractivity contribution in [3.63, 3.8) is 0 Å². The molecule has 0 atom stereocenters. The Morgan fingerprint density at radius 3 is 2.78 bits per heavy atom. The molecule has 0 saturated heterocycles. The van der Waals surface area contributed by atoms with Gasteiger partial charge in [0.15, 0.2) is 0 Å². The lowest BCUT2D eigenvalue weighted by molar-refractivity contribution is 0.0663. The van der Waals surface area contributed by atoms with Gasteiger partial charge in [-0.25, -0.2) is 4.79 Å². The van der Waals surface area contributed by atoms with Crippen LogP contribution in [0, 0.1) is 0 Å². The van der Waals surface area contributed by atoms with Gasteiger partial charge in [0.2, 0.25) is 0 Å². The molecule has 1 aromatic carbocycles. The third-order valence-corrected chi connectivity index (χ3v) is 2.89. The van der Waals surface area contributed by atoms with E-state index in [9.17, 15) is 4.79 Å². The second-order valence-electron chi connectivity index (χ2n) is 4.66. The summed E-state index contributed by atoms with van der Waals surface area (Å²) in [6.07, 6.45) is 2.16. The molecule has 1 heterocycles. The lowest BCUT2D eigenvalue weighted by Crippen LogP contribution is -2.01. The number of aromatic nitrogens is 1. The minimum absolute atomic E-state index is 0.179. The fourth-order valence-electron chi connectivity index (χ4n) is 1.97. The lowest BCUT2D eigenvalue weighted by Gasteiger charge is -2.06. The summed E-state index contributed by atoms with van der Waals surface area (Å²) in [4.78, 5) is 10.9. The van der Waals surface area contributed by atoms with E-state index >= 15 is 0 Å². The third kappa shape index (κ3) is 2.38. The molecule has 0 aliphatic carbocycles. The van der Waals surface area contributed by atoms with E-state index < -0.39 is 5.97 Å². The first-order chi connectivity index (χ1) is 8.49. The monoisotopic (exact) mass is 247 g/mol. The van der Waals surface area contributed by atoms with Gasteiger partial charge in [0.05, 0.1) is 18.3 Å². The number of aromatic carboxylic acids is 1. The maximum absolute atomic E-state index is 10.9. The molecular weight excluding hydrogens is 230 g/mol. The van der Waals surface area contributed by atoms with E-state index in [1.54, 1.807) is 12.1 Å². The topological polar surface area (TPSA) is 51.5 Å². The molecule has 2 rings (SSSR count). The van der Waals surface area contributed by atoms with Gasteiger partial charge in [0.25, 0.3) is 0 Å². The van der Waals surface area contributed by atoms with Crippen molar-refractivity contribution in [1.82, 2.24) is 4.57 Å². The van der Waals surface area contributed by atoms with Gasteiger partial charge in [-0.2, -0.15) is 0 Å². The number of fused-ring (bicyclic) bond motifs is 1. The molecule has 2 aromatic rings. The number of carboxylic acids is 1. The predicted octanol–water partition coefficient (Wildman–Crippen LogP) is 2.80. The summed E-state index contributed by atoms with van der Waals surface area (Å²) in [5, 5.41) is 10.0. The first kappa shape index (κ1) is 12.6. The summed E-state index contributed by atoms with van der Waals surface area (Å²) in [5.74, 6) is -0.905. The van der Waals surface area contributed by atoms with Crippen molar-refractivity contribution in [2.45, 2.75) is 26.6 Å². The molecule has 0 saturated carbocycles. The molecule has 0 aliphatic rings. The second kappa shape index (κ2) is 4.82. The molecule has 0 spiro atoms. The normalized spacial score (nSPS) is 11.3. The highest BCUT2D eigenvalue weighted by molar-refractivity contribution is 5.94. The van der Waals surface area contributed by atoms with Crippen LogP contribution in [0.25, 0.3) is 10.9 Å². The SMILES string of the molecule is CC(C)OCc1cn(C)c2cc(C(=O)O)ccc12. The van der Waals surface area contributed by atoms with Crippen LogP contribution in [-0.4, -0.2) is 21.7 Å². The van der Waals surface area contributed by atoms with Gasteiger partial charge in [0, 0.05) is 29.7 Å². The number of benzene rings is 1. The molecular formula is C14H17NO3. The van der Waals surface area contributed by atoms with E-state index in [4.69, 9.17) is 9.84 Å². The van der Waals surface area contributed by atoms with Gasteiger partial charge in [-0.1, -0.05) is 6.07 Å². The summed E-state index contributed by atoms with van der Waals surface area (Å²) >= 11 is 0. The molecule has 4 nitrogen and oxygen atoms in total. The van der Waals surface area contributed by atoms with Crippen LogP contribution >= 0.6 is 0 Å². The predicted molar refractivity (Wildman–Crippen MR) is 69.8 cm³/mol. The van der Waals surface area contributed by atoms with Gasteiger partial charge >= 0.3 is 5.97 Å². The maximum atomic E-state index is 10.9. The molecule has 1 N–H and O–H groups in total. The van der Waals surface area contributed by atoms with Crippen molar-refractivity contribution >= 4 is 16.9 Å². The average Bonchev–Trinajstić information content (AvgIpc) is 2.63. The van der Waals surface area contributed by atoms with E-state index in [-0.39, 0.29) is 6.10 Å². The Morgan fingerprint density at radius 2 is 2.17 bits per heavy atom. The van der Waals surface area contributed by atoms with Gasteiger partial charge in [-0.15, -0.1) is 0 Å². The number of hydrogen-bond acceptors (Lipinski definition) is 2. The highest BCUT2D eigenvalue weighted by Crippen LogP contribution is 2.23. The average molecular weight is 247 g/mol. The highest BCUT2D eigenvalue weighted by atomic mass is 16.5. The lowest BCUT2D eigenvalue weighted by atomic mass is 10.1. The maximum Gasteiger partial charge on any atom is 0.335 e. The minimum atomic E-state index is -0.905. The van der Waals surface area contributed by atoms with Crippen molar-refractivity contribution < 1.29 is 14.6 Å². The fraction of sp³-hybridized carbons (Fsp3) is 0.357. The zero-order valence-corrected chi connectivity index (χ0v) is 10.8. The number of rotatable bonds is 4. The summed E-state index contributed by atoms with van der Waals surface area (Å²) < 4.78 is 7.53. The summed E-state index contributed by atoms with van der Waals surface area (Å²) in [5.41, 5.74) is 2.30. The Bertz CT molecular complexity index is 584.